The molecule has 80 valence electrons. The van der Waals surface area contributed by atoms with Crippen LogP contribution in [0.4, 0.5) is 0 Å². The van der Waals surface area contributed by atoms with Crippen LogP contribution in [0.1, 0.15) is 6.92 Å². The first-order valence-corrected chi connectivity index (χ1v) is 4.75. The normalized spacial score (nSPS) is 11.2. The molecule has 1 rings (SSSR count). The van der Waals surface area contributed by atoms with Crippen molar-refractivity contribution in [2.45, 2.75) is 6.92 Å². The van der Waals surface area contributed by atoms with Gasteiger partial charge in [0.05, 0.1) is 5.02 Å². The van der Waals surface area contributed by atoms with Gasteiger partial charge in [0.25, 0.3) is 0 Å². The van der Waals surface area contributed by atoms with Crippen LogP contribution < -0.4 is 4.74 Å². The van der Waals surface area contributed by atoms with Crippen molar-refractivity contribution in [3.63, 3.8) is 0 Å². The molecule has 0 spiro atoms. The van der Waals surface area contributed by atoms with Gasteiger partial charge in [-0.2, -0.15) is 0 Å². The maximum absolute atomic E-state index is 10.3. The van der Waals surface area contributed by atoms with E-state index in [0.29, 0.717) is 16.3 Å². The zero-order valence-corrected chi connectivity index (χ0v) is 8.99. The highest BCUT2D eigenvalue weighted by molar-refractivity contribution is 6.32. The number of para-hydroxylation sites is 1. The van der Waals surface area contributed by atoms with E-state index in [4.69, 9.17) is 21.4 Å². The van der Waals surface area contributed by atoms with E-state index < -0.39 is 5.97 Å². The molecule has 0 saturated carbocycles. The second kappa shape index (κ2) is 5.41. The van der Waals surface area contributed by atoms with E-state index in [1.807, 2.05) is 0 Å². The fourth-order valence-electron chi connectivity index (χ4n) is 1.01. The number of carbonyl (C=O) groups is 1. The Morgan fingerprint density at radius 3 is 2.80 bits per heavy atom. The van der Waals surface area contributed by atoms with Crippen LogP contribution in [0, 0.1) is 0 Å². The van der Waals surface area contributed by atoms with Crippen molar-refractivity contribution in [1.82, 2.24) is 0 Å². The number of ether oxygens (including phenoxy) is 1. The molecule has 4 heteroatoms. The van der Waals surface area contributed by atoms with Gasteiger partial charge in [-0.25, -0.2) is 4.79 Å². The molecule has 1 aromatic rings. The smallest absolute Gasteiger partial charge is 0.328 e. The van der Waals surface area contributed by atoms with Crippen LogP contribution in [0.15, 0.2) is 35.9 Å². The molecule has 0 aliphatic carbocycles. The van der Waals surface area contributed by atoms with Gasteiger partial charge in [-0.05, 0) is 24.6 Å². The van der Waals surface area contributed by atoms with Gasteiger partial charge in [0, 0.05) is 6.08 Å². The molecule has 3 nitrogen and oxygen atoms in total. The lowest BCUT2D eigenvalue weighted by atomic mass is 10.3. The molecule has 1 N–H and O–H groups in total. The molecule has 0 atom stereocenters. The van der Waals surface area contributed by atoms with Gasteiger partial charge >= 0.3 is 5.97 Å². The number of hydrogen-bond acceptors (Lipinski definition) is 2. The van der Waals surface area contributed by atoms with Crippen molar-refractivity contribution in [3.05, 3.63) is 40.9 Å². The zero-order valence-electron chi connectivity index (χ0n) is 8.24. The molecule has 0 fully saturated rings. The summed E-state index contributed by atoms with van der Waals surface area (Å²) in [7, 11) is 0. The molecule has 15 heavy (non-hydrogen) atoms. The van der Waals surface area contributed by atoms with Crippen LogP contribution in [-0.2, 0) is 4.79 Å². The minimum atomic E-state index is -0.977. The third-order valence-corrected chi connectivity index (χ3v) is 1.97. The minimum absolute atomic E-state index is 0.218. The van der Waals surface area contributed by atoms with Crippen molar-refractivity contribution >= 4 is 17.6 Å². The number of benzene rings is 1. The Kier molecular flexibility index (Phi) is 4.18. The van der Waals surface area contributed by atoms with Crippen molar-refractivity contribution < 1.29 is 14.6 Å². The Bertz CT molecular complexity index is 385. The molecule has 0 amide bonds. The van der Waals surface area contributed by atoms with Gasteiger partial charge in [0.2, 0.25) is 0 Å². The monoisotopic (exact) mass is 226 g/mol. The highest BCUT2D eigenvalue weighted by atomic mass is 35.5. The number of aliphatic carboxylic acids is 1. The molecule has 0 unspecified atom stereocenters. The Labute approximate surface area is 92.9 Å². The fourth-order valence-corrected chi connectivity index (χ4v) is 1.20. The molecule has 0 heterocycles. The topological polar surface area (TPSA) is 46.5 Å². The van der Waals surface area contributed by atoms with Crippen molar-refractivity contribution in [2.75, 3.05) is 6.61 Å². The predicted molar refractivity (Wildman–Crippen MR) is 58.3 cm³/mol. The van der Waals surface area contributed by atoms with Crippen LogP contribution >= 0.6 is 11.6 Å². The van der Waals surface area contributed by atoms with Crippen LogP contribution in [0.2, 0.25) is 5.02 Å². The highest BCUT2D eigenvalue weighted by Crippen LogP contribution is 2.23. The third-order valence-electron chi connectivity index (χ3n) is 1.66. The molecular formula is C11H11ClO3. The lowest BCUT2D eigenvalue weighted by Gasteiger charge is -2.07. The van der Waals surface area contributed by atoms with E-state index in [9.17, 15) is 4.79 Å². The Hall–Kier alpha value is -1.48. The van der Waals surface area contributed by atoms with Gasteiger partial charge in [0.1, 0.15) is 12.4 Å². The SMILES string of the molecule is CC(=CC(=O)O)COc1ccccc1Cl. The zero-order chi connectivity index (χ0) is 11.3. The molecular weight excluding hydrogens is 216 g/mol. The van der Waals surface area contributed by atoms with E-state index in [2.05, 4.69) is 0 Å². The van der Waals surface area contributed by atoms with E-state index >= 15 is 0 Å². The number of hydrogen-bond donors (Lipinski definition) is 1. The maximum Gasteiger partial charge on any atom is 0.328 e. The summed E-state index contributed by atoms with van der Waals surface area (Å²) < 4.78 is 5.34. The molecule has 1 aromatic carbocycles. The summed E-state index contributed by atoms with van der Waals surface area (Å²) in [5.74, 6) is -0.424. The van der Waals surface area contributed by atoms with Gasteiger partial charge in [-0.15, -0.1) is 0 Å². The fraction of sp³-hybridized carbons (Fsp3) is 0.182. The lowest BCUT2D eigenvalue weighted by Crippen LogP contribution is -2.01. The first-order chi connectivity index (χ1) is 7.09. The lowest BCUT2D eigenvalue weighted by molar-refractivity contribution is -0.131. The largest absolute Gasteiger partial charge is 0.488 e. The molecule has 0 aromatic heterocycles. The number of rotatable bonds is 4. The van der Waals surface area contributed by atoms with Crippen LogP contribution in [0.5, 0.6) is 5.75 Å². The van der Waals surface area contributed by atoms with Crippen molar-refractivity contribution in [2.24, 2.45) is 0 Å². The average molecular weight is 227 g/mol. The number of carboxylic acids is 1. The number of halogens is 1. The Morgan fingerprint density at radius 2 is 2.20 bits per heavy atom. The van der Waals surface area contributed by atoms with E-state index in [1.54, 1.807) is 31.2 Å². The second-order valence-electron chi connectivity index (χ2n) is 3.05. The van der Waals surface area contributed by atoms with E-state index in [1.165, 1.54) is 0 Å². The van der Waals surface area contributed by atoms with Crippen LogP contribution in [-0.4, -0.2) is 17.7 Å². The van der Waals surface area contributed by atoms with Gasteiger partial charge in [-0.1, -0.05) is 23.7 Å². The van der Waals surface area contributed by atoms with E-state index in [0.717, 1.165) is 6.08 Å². The van der Waals surface area contributed by atoms with Gasteiger partial charge in [0.15, 0.2) is 0 Å². The summed E-state index contributed by atoms with van der Waals surface area (Å²) in [5.41, 5.74) is 0.627. The molecule has 0 aliphatic heterocycles. The average Bonchev–Trinajstić information content (AvgIpc) is 2.15. The standard InChI is InChI=1S/C11H11ClO3/c1-8(6-11(13)14)7-15-10-5-3-2-4-9(10)12/h2-6H,7H2,1H3,(H,13,14). The first-order valence-electron chi connectivity index (χ1n) is 4.37. The van der Waals surface area contributed by atoms with Gasteiger partial charge < -0.3 is 9.84 Å². The first kappa shape index (κ1) is 11.6. The molecule has 0 radical (unpaired) electrons. The predicted octanol–water partition coefficient (Wildman–Crippen LogP) is 2.75. The van der Waals surface area contributed by atoms with E-state index in [-0.39, 0.29) is 6.61 Å². The third kappa shape index (κ3) is 4.04. The van der Waals surface area contributed by atoms with Gasteiger partial charge in [-0.3, -0.25) is 0 Å². The van der Waals surface area contributed by atoms with Crippen LogP contribution in [0.25, 0.3) is 0 Å². The summed E-state index contributed by atoms with van der Waals surface area (Å²) in [4.78, 5) is 10.3. The molecule has 0 aliphatic rings. The number of carboxylic acid groups (broad SMARTS) is 1. The summed E-state index contributed by atoms with van der Waals surface area (Å²) in [6, 6.07) is 7.05. The highest BCUT2D eigenvalue weighted by Gasteiger charge is 2.00. The van der Waals surface area contributed by atoms with Crippen molar-refractivity contribution in [1.29, 1.82) is 0 Å². The Morgan fingerprint density at radius 1 is 1.53 bits per heavy atom. The quantitative estimate of drug-likeness (QED) is 0.803. The molecule has 0 bridgehead atoms. The second-order valence-corrected chi connectivity index (χ2v) is 3.46. The van der Waals surface area contributed by atoms with Crippen molar-refractivity contribution in [3.8, 4) is 5.75 Å². The summed E-state index contributed by atoms with van der Waals surface area (Å²) in [6.45, 7) is 1.90. The summed E-state index contributed by atoms with van der Waals surface area (Å²) in [5, 5.41) is 8.99. The summed E-state index contributed by atoms with van der Waals surface area (Å²) >= 11 is 5.85. The van der Waals surface area contributed by atoms with Crippen LogP contribution in [0.3, 0.4) is 0 Å². The summed E-state index contributed by atoms with van der Waals surface area (Å²) in [6.07, 6.45) is 1.11. The maximum atomic E-state index is 10.3. The molecule has 0 saturated heterocycles. The minimum Gasteiger partial charge on any atom is -0.488 e. The Balaban J connectivity index is 2.58.